The lowest BCUT2D eigenvalue weighted by atomic mass is 10.1. The van der Waals surface area contributed by atoms with Crippen molar-refractivity contribution < 1.29 is 4.79 Å². The van der Waals surface area contributed by atoms with E-state index in [1.807, 2.05) is 11.0 Å². The highest BCUT2D eigenvalue weighted by molar-refractivity contribution is 5.92. The molecule has 1 fully saturated rings. The van der Waals surface area contributed by atoms with Crippen LogP contribution in [0.2, 0.25) is 0 Å². The van der Waals surface area contributed by atoms with Crippen LogP contribution in [-0.4, -0.2) is 44.8 Å². The Kier molecular flexibility index (Phi) is 4.19. The maximum atomic E-state index is 12.1. The molecule has 1 amide bonds. The molecule has 3 heterocycles. The molecule has 118 valence electrons. The van der Waals surface area contributed by atoms with Gasteiger partial charge in [0.25, 0.3) is 5.91 Å². The molecular weight excluding hydrogens is 294 g/mol. The first kappa shape index (κ1) is 15.0. The van der Waals surface area contributed by atoms with E-state index in [2.05, 4.69) is 20.4 Å². The first-order valence-corrected chi connectivity index (χ1v) is 7.44. The summed E-state index contributed by atoms with van der Waals surface area (Å²) in [6.45, 7) is 1.48. The molecule has 0 bridgehead atoms. The average molecular weight is 311 g/mol. The summed E-state index contributed by atoms with van der Waals surface area (Å²) in [6.07, 6.45) is 4.95. The second-order valence-electron chi connectivity index (χ2n) is 5.46. The molecule has 1 aliphatic rings. The van der Waals surface area contributed by atoms with Crippen molar-refractivity contribution in [2.45, 2.75) is 18.9 Å². The molecule has 0 spiro atoms. The topological polar surface area (TPSA) is 99.7 Å². The van der Waals surface area contributed by atoms with E-state index in [0.29, 0.717) is 17.3 Å². The predicted molar refractivity (Wildman–Crippen MR) is 82.7 cm³/mol. The Bertz CT molecular complexity index is 740. The number of nitriles is 1. The lowest BCUT2D eigenvalue weighted by Crippen LogP contribution is -2.45. The van der Waals surface area contributed by atoms with Crippen molar-refractivity contribution in [2.75, 3.05) is 18.0 Å². The molecule has 1 saturated heterocycles. The Morgan fingerprint density at radius 3 is 2.83 bits per heavy atom. The smallest absolute Gasteiger partial charge is 0.271 e. The van der Waals surface area contributed by atoms with Gasteiger partial charge in [0.2, 0.25) is 5.95 Å². The van der Waals surface area contributed by atoms with Crippen LogP contribution in [0.4, 0.5) is 5.95 Å². The van der Waals surface area contributed by atoms with Gasteiger partial charge in [-0.05, 0) is 25.0 Å². The lowest BCUT2D eigenvalue weighted by molar-refractivity contribution is 0.0925. The fraction of sp³-hybridized carbons (Fsp3) is 0.400. The van der Waals surface area contributed by atoms with Gasteiger partial charge in [-0.2, -0.15) is 10.4 Å². The van der Waals surface area contributed by atoms with Crippen LogP contribution in [0.5, 0.6) is 0 Å². The van der Waals surface area contributed by atoms with Crippen molar-refractivity contribution in [3.63, 3.8) is 0 Å². The fourth-order valence-corrected chi connectivity index (χ4v) is 2.58. The summed E-state index contributed by atoms with van der Waals surface area (Å²) in [4.78, 5) is 22.5. The van der Waals surface area contributed by atoms with E-state index in [-0.39, 0.29) is 11.9 Å². The number of anilines is 1. The van der Waals surface area contributed by atoms with Crippen LogP contribution in [0.15, 0.2) is 24.5 Å². The highest BCUT2D eigenvalue weighted by atomic mass is 16.2. The Labute approximate surface area is 133 Å². The fourth-order valence-electron chi connectivity index (χ4n) is 2.58. The van der Waals surface area contributed by atoms with Crippen molar-refractivity contribution in [1.82, 2.24) is 25.1 Å². The first-order chi connectivity index (χ1) is 11.2. The maximum Gasteiger partial charge on any atom is 0.271 e. The molecular formula is C15H17N7O. The van der Waals surface area contributed by atoms with E-state index in [4.69, 9.17) is 5.26 Å². The third kappa shape index (κ3) is 3.45. The van der Waals surface area contributed by atoms with Crippen LogP contribution in [0.25, 0.3) is 0 Å². The molecule has 0 saturated carbocycles. The zero-order valence-electron chi connectivity index (χ0n) is 12.8. The van der Waals surface area contributed by atoms with Gasteiger partial charge < -0.3 is 10.2 Å². The van der Waals surface area contributed by atoms with Crippen LogP contribution in [0.3, 0.4) is 0 Å². The van der Waals surface area contributed by atoms with E-state index < -0.39 is 0 Å². The van der Waals surface area contributed by atoms with Crippen molar-refractivity contribution in [1.29, 1.82) is 5.26 Å². The molecule has 3 rings (SSSR count). The largest absolute Gasteiger partial charge is 0.348 e. The Hall–Kier alpha value is -2.95. The third-order valence-electron chi connectivity index (χ3n) is 3.82. The molecule has 0 radical (unpaired) electrons. The lowest BCUT2D eigenvalue weighted by Gasteiger charge is -2.32. The summed E-state index contributed by atoms with van der Waals surface area (Å²) in [7, 11) is 1.78. The van der Waals surface area contributed by atoms with Crippen molar-refractivity contribution in [3.05, 3.63) is 35.9 Å². The van der Waals surface area contributed by atoms with E-state index in [9.17, 15) is 4.79 Å². The minimum atomic E-state index is -0.147. The van der Waals surface area contributed by atoms with Gasteiger partial charge in [0.15, 0.2) is 0 Å². The van der Waals surface area contributed by atoms with Gasteiger partial charge in [-0.1, -0.05) is 0 Å². The van der Waals surface area contributed by atoms with Crippen molar-refractivity contribution >= 4 is 11.9 Å². The van der Waals surface area contributed by atoms with Crippen molar-refractivity contribution in [3.8, 4) is 6.07 Å². The highest BCUT2D eigenvalue weighted by Gasteiger charge is 2.23. The monoisotopic (exact) mass is 311 g/mol. The molecule has 1 aliphatic heterocycles. The van der Waals surface area contributed by atoms with Crippen LogP contribution >= 0.6 is 0 Å². The molecule has 2 aromatic rings. The van der Waals surface area contributed by atoms with Crippen molar-refractivity contribution in [2.24, 2.45) is 7.05 Å². The molecule has 23 heavy (non-hydrogen) atoms. The van der Waals surface area contributed by atoms with E-state index in [1.165, 1.54) is 0 Å². The SMILES string of the molecule is Cn1ccc(C(=O)NC2CCN(c3nccc(C#N)n3)CC2)n1. The van der Waals surface area contributed by atoms with E-state index in [0.717, 1.165) is 25.9 Å². The molecule has 1 N–H and O–H groups in total. The van der Waals surface area contributed by atoms with Gasteiger partial charge >= 0.3 is 0 Å². The van der Waals surface area contributed by atoms with Crippen LogP contribution in [0.1, 0.15) is 29.0 Å². The second kappa shape index (κ2) is 6.44. The number of nitrogens with zero attached hydrogens (tertiary/aromatic N) is 6. The van der Waals surface area contributed by atoms with Crippen LogP contribution in [0, 0.1) is 11.3 Å². The standard InChI is InChI=1S/C15H17N7O/c1-21-7-5-13(20-21)14(23)18-11-3-8-22(9-4-11)15-17-6-2-12(10-16)19-15/h2,5-7,11H,3-4,8-9H2,1H3,(H,18,23). The summed E-state index contributed by atoms with van der Waals surface area (Å²) in [6, 6.07) is 5.42. The number of aryl methyl sites for hydroxylation is 1. The van der Waals surface area contributed by atoms with Crippen LogP contribution < -0.4 is 10.2 Å². The van der Waals surface area contributed by atoms with Gasteiger partial charge in [-0.3, -0.25) is 9.48 Å². The number of nitrogens with one attached hydrogen (secondary N) is 1. The Balaban J connectivity index is 1.56. The molecule has 0 atom stereocenters. The Morgan fingerprint density at radius 1 is 1.39 bits per heavy atom. The number of rotatable bonds is 3. The average Bonchev–Trinajstić information content (AvgIpc) is 3.02. The summed E-state index contributed by atoms with van der Waals surface area (Å²) in [5.74, 6) is 0.422. The third-order valence-corrected chi connectivity index (χ3v) is 3.82. The number of piperidine rings is 1. The van der Waals surface area contributed by atoms with Gasteiger partial charge in [0.05, 0.1) is 0 Å². The molecule has 0 aliphatic carbocycles. The summed E-state index contributed by atoms with van der Waals surface area (Å²) < 4.78 is 1.61. The summed E-state index contributed by atoms with van der Waals surface area (Å²) >= 11 is 0. The first-order valence-electron chi connectivity index (χ1n) is 7.44. The second-order valence-corrected chi connectivity index (χ2v) is 5.46. The van der Waals surface area contributed by atoms with Gasteiger partial charge in [-0.25, -0.2) is 9.97 Å². The number of aromatic nitrogens is 4. The van der Waals surface area contributed by atoms with E-state index >= 15 is 0 Å². The number of carbonyl (C=O) groups is 1. The maximum absolute atomic E-state index is 12.1. The normalized spacial score (nSPS) is 15.2. The van der Waals surface area contributed by atoms with Gasteiger partial charge in [-0.15, -0.1) is 0 Å². The zero-order valence-corrected chi connectivity index (χ0v) is 12.8. The minimum Gasteiger partial charge on any atom is -0.348 e. The summed E-state index contributed by atoms with van der Waals surface area (Å²) in [5.41, 5.74) is 0.792. The minimum absolute atomic E-state index is 0.111. The number of amides is 1. The highest BCUT2D eigenvalue weighted by Crippen LogP contribution is 2.16. The quantitative estimate of drug-likeness (QED) is 0.885. The van der Waals surface area contributed by atoms with Gasteiger partial charge in [0.1, 0.15) is 17.5 Å². The van der Waals surface area contributed by atoms with Crippen LogP contribution in [-0.2, 0) is 7.05 Å². The molecule has 2 aromatic heterocycles. The van der Waals surface area contributed by atoms with Gasteiger partial charge in [0, 0.05) is 38.6 Å². The molecule has 8 heteroatoms. The number of hydrogen-bond acceptors (Lipinski definition) is 6. The predicted octanol–water partition coefficient (Wildman–Crippen LogP) is 0.481. The molecule has 8 nitrogen and oxygen atoms in total. The molecule has 0 aromatic carbocycles. The Morgan fingerprint density at radius 2 is 2.17 bits per heavy atom. The van der Waals surface area contributed by atoms with E-state index in [1.54, 1.807) is 36.3 Å². The zero-order chi connectivity index (χ0) is 16.2. The molecule has 0 unspecified atom stereocenters. The summed E-state index contributed by atoms with van der Waals surface area (Å²) in [5, 5.41) is 16.0. The number of carbonyl (C=O) groups excluding carboxylic acids is 1. The number of hydrogen-bond donors (Lipinski definition) is 1.